The van der Waals surface area contributed by atoms with Crippen molar-refractivity contribution in [2.45, 2.75) is 25.8 Å². The Morgan fingerprint density at radius 1 is 1.32 bits per heavy atom. The van der Waals surface area contributed by atoms with E-state index < -0.39 is 5.82 Å². The van der Waals surface area contributed by atoms with Crippen molar-refractivity contribution in [3.8, 4) is 5.75 Å². The van der Waals surface area contributed by atoms with Gasteiger partial charge in [0.15, 0.2) is 11.6 Å². The Labute approximate surface area is 147 Å². The molecule has 6 nitrogen and oxygen atoms in total. The number of rotatable bonds is 4. The molecule has 0 saturated carbocycles. The number of carbonyl (C=O) groups excluding carboxylic acids is 2. The van der Waals surface area contributed by atoms with E-state index in [-0.39, 0.29) is 29.6 Å². The standard InChI is InChI=1S/C18H26FN3O3/c1-12(14-5-6-16(25-4)15(19)11-14)20-18(24)22-9-7-13(8-10-22)17(23)21(2)3/h5-6,11-13H,7-10H2,1-4H3,(H,20,24). The molecule has 1 atom stereocenters. The van der Waals surface area contributed by atoms with Gasteiger partial charge in [0.05, 0.1) is 13.2 Å². The molecule has 1 unspecified atom stereocenters. The van der Waals surface area contributed by atoms with Crippen LogP contribution in [-0.2, 0) is 4.79 Å². The van der Waals surface area contributed by atoms with Gasteiger partial charge in [0.25, 0.3) is 0 Å². The summed E-state index contributed by atoms with van der Waals surface area (Å²) in [6.07, 6.45) is 1.33. The molecule has 0 bridgehead atoms. The van der Waals surface area contributed by atoms with Crippen LogP contribution < -0.4 is 10.1 Å². The first-order chi connectivity index (χ1) is 11.8. The zero-order valence-electron chi connectivity index (χ0n) is 15.2. The first-order valence-electron chi connectivity index (χ1n) is 8.43. The van der Waals surface area contributed by atoms with Gasteiger partial charge < -0.3 is 19.9 Å². The van der Waals surface area contributed by atoms with Gasteiger partial charge >= 0.3 is 6.03 Å². The molecule has 7 heteroatoms. The predicted octanol–water partition coefficient (Wildman–Crippen LogP) is 2.41. The van der Waals surface area contributed by atoms with Crippen LogP contribution in [0.2, 0.25) is 0 Å². The summed E-state index contributed by atoms with van der Waals surface area (Å²) >= 11 is 0. The predicted molar refractivity (Wildman–Crippen MR) is 92.9 cm³/mol. The number of urea groups is 1. The third-order valence-corrected chi connectivity index (χ3v) is 4.59. The van der Waals surface area contributed by atoms with Gasteiger partial charge in [-0.25, -0.2) is 9.18 Å². The summed E-state index contributed by atoms with van der Waals surface area (Å²) in [5.41, 5.74) is 0.671. The SMILES string of the molecule is COc1ccc(C(C)NC(=O)N2CCC(C(=O)N(C)C)CC2)cc1F. The Hall–Kier alpha value is -2.31. The first kappa shape index (κ1) is 19.0. The smallest absolute Gasteiger partial charge is 0.317 e. The molecule has 2 rings (SSSR count). The molecular weight excluding hydrogens is 325 g/mol. The lowest BCUT2D eigenvalue weighted by molar-refractivity contribution is -0.134. The molecular formula is C18H26FN3O3. The monoisotopic (exact) mass is 351 g/mol. The number of methoxy groups -OCH3 is 1. The minimum atomic E-state index is -0.455. The highest BCUT2D eigenvalue weighted by Crippen LogP contribution is 2.23. The van der Waals surface area contributed by atoms with Crippen LogP contribution in [-0.4, -0.2) is 56.0 Å². The van der Waals surface area contributed by atoms with E-state index in [0.29, 0.717) is 31.5 Å². The van der Waals surface area contributed by atoms with Crippen LogP contribution >= 0.6 is 0 Å². The second-order valence-electron chi connectivity index (χ2n) is 6.56. The highest BCUT2D eigenvalue weighted by molar-refractivity contribution is 5.79. The molecule has 1 fully saturated rings. The van der Waals surface area contributed by atoms with E-state index in [1.807, 2.05) is 6.92 Å². The number of ether oxygens (including phenoxy) is 1. The van der Waals surface area contributed by atoms with Gasteiger partial charge in [0.1, 0.15) is 0 Å². The van der Waals surface area contributed by atoms with Gasteiger partial charge in [0.2, 0.25) is 5.91 Å². The number of nitrogens with one attached hydrogen (secondary N) is 1. The number of hydrogen-bond acceptors (Lipinski definition) is 3. The molecule has 1 aliphatic heterocycles. The van der Waals surface area contributed by atoms with Crippen molar-refractivity contribution in [2.24, 2.45) is 5.92 Å². The number of likely N-dealkylation sites (tertiary alicyclic amines) is 1. The zero-order valence-corrected chi connectivity index (χ0v) is 15.2. The normalized spacial score (nSPS) is 16.3. The largest absolute Gasteiger partial charge is 0.494 e. The van der Waals surface area contributed by atoms with E-state index in [1.54, 1.807) is 36.0 Å². The Bertz CT molecular complexity index is 628. The molecule has 25 heavy (non-hydrogen) atoms. The number of hydrogen-bond donors (Lipinski definition) is 1. The summed E-state index contributed by atoms with van der Waals surface area (Å²) in [5, 5.41) is 2.88. The maximum atomic E-state index is 13.8. The molecule has 1 N–H and O–H groups in total. The van der Waals surface area contributed by atoms with Crippen molar-refractivity contribution in [3.05, 3.63) is 29.6 Å². The summed E-state index contributed by atoms with van der Waals surface area (Å²) in [7, 11) is 4.90. The number of benzene rings is 1. The molecule has 1 saturated heterocycles. The second kappa shape index (κ2) is 8.18. The lowest BCUT2D eigenvalue weighted by Gasteiger charge is -2.33. The lowest BCUT2D eigenvalue weighted by Crippen LogP contribution is -2.47. The highest BCUT2D eigenvalue weighted by Gasteiger charge is 2.28. The summed E-state index contributed by atoms with van der Waals surface area (Å²) in [4.78, 5) is 27.7. The van der Waals surface area contributed by atoms with E-state index in [9.17, 15) is 14.0 Å². The van der Waals surface area contributed by atoms with Gasteiger partial charge in [0, 0.05) is 33.1 Å². The fraction of sp³-hybridized carbons (Fsp3) is 0.556. The Balaban J connectivity index is 1.90. The second-order valence-corrected chi connectivity index (χ2v) is 6.56. The molecule has 1 heterocycles. The van der Waals surface area contributed by atoms with Crippen molar-refractivity contribution >= 4 is 11.9 Å². The van der Waals surface area contributed by atoms with Crippen LogP contribution in [0.15, 0.2) is 18.2 Å². The summed E-state index contributed by atoms with van der Waals surface area (Å²) in [6.45, 7) is 2.89. The van der Waals surface area contributed by atoms with Crippen molar-refractivity contribution in [1.82, 2.24) is 15.1 Å². The molecule has 0 aromatic heterocycles. The van der Waals surface area contributed by atoms with E-state index in [0.717, 1.165) is 0 Å². The Morgan fingerprint density at radius 3 is 2.48 bits per heavy atom. The first-order valence-corrected chi connectivity index (χ1v) is 8.43. The summed E-state index contributed by atoms with van der Waals surface area (Å²) < 4.78 is 18.7. The van der Waals surface area contributed by atoms with E-state index in [4.69, 9.17) is 4.74 Å². The van der Waals surface area contributed by atoms with Gasteiger partial charge in [-0.2, -0.15) is 0 Å². The molecule has 138 valence electrons. The molecule has 1 aromatic rings. The average molecular weight is 351 g/mol. The Morgan fingerprint density at radius 2 is 1.96 bits per heavy atom. The number of carbonyl (C=O) groups is 2. The van der Waals surface area contributed by atoms with E-state index in [2.05, 4.69) is 5.32 Å². The van der Waals surface area contributed by atoms with Crippen LogP contribution in [0, 0.1) is 11.7 Å². The minimum Gasteiger partial charge on any atom is -0.494 e. The molecule has 0 spiro atoms. The van der Waals surface area contributed by atoms with Gasteiger partial charge in [-0.1, -0.05) is 6.07 Å². The minimum absolute atomic E-state index is 0.0212. The number of piperidine rings is 1. The maximum absolute atomic E-state index is 13.8. The average Bonchev–Trinajstić information content (AvgIpc) is 2.60. The van der Waals surface area contributed by atoms with Crippen molar-refractivity contribution in [1.29, 1.82) is 0 Å². The topological polar surface area (TPSA) is 61.9 Å². The molecule has 1 aromatic carbocycles. The van der Waals surface area contributed by atoms with E-state index >= 15 is 0 Å². The highest BCUT2D eigenvalue weighted by atomic mass is 19.1. The van der Waals surface area contributed by atoms with Crippen molar-refractivity contribution < 1.29 is 18.7 Å². The van der Waals surface area contributed by atoms with Crippen LogP contribution in [0.5, 0.6) is 5.75 Å². The lowest BCUT2D eigenvalue weighted by atomic mass is 9.96. The molecule has 3 amide bonds. The van der Waals surface area contributed by atoms with Gasteiger partial charge in [-0.3, -0.25) is 4.79 Å². The number of amides is 3. The summed E-state index contributed by atoms with van der Waals surface area (Å²) in [6, 6.07) is 4.13. The Kier molecular flexibility index (Phi) is 6.22. The summed E-state index contributed by atoms with van der Waals surface area (Å²) in [5.74, 6) is -0.187. The quantitative estimate of drug-likeness (QED) is 0.906. The molecule has 1 aliphatic rings. The van der Waals surface area contributed by atoms with Crippen LogP contribution in [0.3, 0.4) is 0 Å². The fourth-order valence-electron chi connectivity index (χ4n) is 3.01. The molecule has 0 radical (unpaired) electrons. The van der Waals surface area contributed by atoms with Crippen molar-refractivity contribution in [3.63, 3.8) is 0 Å². The van der Waals surface area contributed by atoms with E-state index in [1.165, 1.54) is 13.2 Å². The van der Waals surface area contributed by atoms with Gasteiger partial charge in [-0.15, -0.1) is 0 Å². The molecule has 0 aliphatic carbocycles. The van der Waals surface area contributed by atoms with Crippen molar-refractivity contribution in [2.75, 3.05) is 34.3 Å². The van der Waals surface area contributed by atoms with Crippen LogP contribution in [0.4, 0.5) is 9.18 Å². The maximum Gasteiger partial charge on any atom is 0.317 e. The number of nitrogens with zero attached hydrogens (tertiary/aromatic N) is 2. The number of halogens is 1. The zero-order chi connectivity index (χ0) is 18.6. The van der Waals surface area contributed by atoms with Crippen LogP contribution in [0.25, 0.3) is 0 Å². The fourth-order valence-corrected chi connectivity index (χ4v) is 3.01. The van der Waals surface area contributed by atoms with Crippen LogP contribution in [0.1, 0.15) is 31.4 Å². The third kappa shape index (κ3) is 4.61. The van der Waals surface area contributed by atoms with Gasteiger partial charge in [-0.05, 0) is 37.5 Å². The third-order valence-electron chi connectivity index (χ3n) is 4.59.